The minimum absolute atomic E-state index is 0.0349. The summed E-state index contributed by atoms with van der Waals surface area (Å²) in [6.45, 7) is 6.94. The maximum Gasteiger partial charge on any atom is 0.424 e. The zero-order chi connectivity index (χ0) is 24.5. The Labute approximate surface area is 183 Å². The molecule has 0 saturated carbocycles. The van der Waals surface area contributed by atoms with Gasteiger partial charge in [0.1, 0.15) is 11.4 Å². The molecular weight excluding hydrogens is 430 g/mol. The Balaban J connectivity index is 2.65. The molecule has 0 aliphatic rings. The number of alkyl carbamates (subject to hydrolysis) is 1. The van der Waals surface area contributed by atoms with Crippen LogP contribution >= 0.6 is 0 Å². The fraction of sp³-hybridized carbons (Fsp3) is 0.455. The van der Waals surface area contributed by atoms with Crippen molar-refractivity contribution in [3.05, 3.63) is 53.5 Å². The number of halogens is 4. The minimum Gasteiger partial charge on any atom is -0.444 e. The van der Waals surface area contributed by atoms with Gasteiger partial charge in [0.15, 0.2) is 0 Å². The second kappa shape index (κ2) is 8.67. The van der Waals surface area contributed by atoms with Gasteiger partial charge in [-0.25, -0.2) is 14.2 Å². The first-order chi connectivity index (χ1) is 14.5. The van der Waals surface area contributed by atoms with E-state index in [1.54, 1.807) is 34.6 Å². The van der Waals surface area contributed by atoms with Crippen LogP contribution in [0.25, 0.3) is 11.3 Å². The molecule has 2 rings (SSSR count). The number of carbonyl (C=O) groups is 1. The summed E-state index contributed by atoms with van der Waals surface area (Å²) in [6, 6.07) is 7.42. The molecule has 10 heteroatoms. The SMILES string of the molecule is CC(C)(C)OC(=O)NC(C)(C)c1cc(-c2ccc(F)cc2)nc(C(O)(CN)C(F)(F)F)c1. The van der Waals surface area contributed by atoms with Crippen molar-refractivity contribution in [2.75, 3.05) is 6.54 Å². The fourth-order valence-electron chi connectivity index (χ4n) is 2.87. The van der Waals surface area contributed by atoms with Crippen molar-refractivity contribution in [2.45, 2.75) is 57.5 Å². The smallest absolute Gasteiger partial charge is 0.424 e. The summed E-state index contributed by atoms with van der Waals surface area (Å²) in [5.74, 6) is -0.536. The monoisotopic (exact) mass is 457 g/mol. The molecule has 1 aromatic carbocycles. The number of benzene rings is 1. The first-order valence-electron chi connectivity index (χ1n) is 9.78. The van der Waals surface area contributed by atoms with Gasteiger partial charge < -0.3 is 20.9 Å². The zero-order valence-corrected chi connectivity index (χ0v) is 18.5. The van der Waals surface area contributed by atoms with Crippen LogP contribution < -0.4 is 11.1 Å². The van der Waals surface area contributed by atoms with Crippen molar-refractivity contribution in [1.29, 1.82) is 0 Å². The van der Waals surface area contributed by atoms with Crippen molar-refractivity contribution in [3.63, 3.8) is 0 Å². The molecule has 0 saturated heterocycles. The molecule has 0 bridgehead atoms. The number of alkyl halides is 3. The van der Waals surface area contributed by atoms with Crippen LogP contribution in [0.3, 0.4) is 0 Å². The summed E-state index contributed by atoms with van der Waals surface area (Å²) in [5.41, 5.74) is -0.361. The molecule has 0 radical (unpaired) electrons. The van der Waals surface area contributed by atoms with Gasteiger partial charge in [-0.2, -0.15) is 13.2 Å². The van der Waals surface area contributed by atoms with Gasteiger partial charge in [-0.15, -0.1) is 0 Å². The Bertz CT molecular complexity index is 970. The molecule has 6 nitrogen and oxygen atoms in total. The number of rotatable bonds is 5. The number of nitrogens with zero attached hydrogens (tertiary/aromatic N) is 1. The Hall–Kier alpha value is -2.72. The van der Waals surface area contributed by atoms with Gasteiger partial charge in [-0.3, -0.25) is 0 Å². The summed E-state index contributed by atoms with van der Waals surface area (Å²) in [4.78, 5) is 16.3. The van der Waals surface area contributed by atoms with E-state index in [-0.39, 0.29) is 11.3 Å². The number of ether oxygens (including phenoxy) is 1. The Kier molecular flexibility index (Phi) is 6.92. The summed E-state index contributed by atoms with van der Waals surface area (Å²) in [6.07, 6.45) is -5.90. The van der Waals surface area contributed by atoms with Crippen LogP contribution in [0.1, 0.15) is 45.9 Å². The van der Waals surface area contributed by atoms with E-state index in [0.29, 0.717) is 5.56 Å². The van der Waals surface area contributed by atoms with E-state index >= 15 is 0 Å². The van der Waals surface area contributed by atoms with Gasteiger partial charge in [0.2, 0.25) is 5.60 Å². The number of pyridine rings is 1. The lowest BCUT2D eigenvalue weighted by Crippen LogP contribution is -2.49. The van der Waals surface area contributed by atoms with E-state index in [1.807, 2.05) is 0 Å². The highest BCUT2D eigenvalue weighted by Gasteiger charge is 2.55. The maximum absolute atomic E-state index is 13.7. The van der Waals surface area contributed by atoms with Crippen LogP contribution in [-0.4, -0.2) is 34.5 Å². The van der Waals surface area contributed by atoms with Crippen LogP contribution in [0, 0.1) is 5.82 Å². The van der Waals surface area contributed by atoms with Gasteiger partial charge >= 0.3 is 12.3 Å². The molecule has 0 fully saturated rings. The third kappa shape index (κ3) is 5.74. The fourth-order valence-corrected chi connectivity index (χ4v) is 2.87. The second-order valence-electron chi connectivity index (χ2n) is 8.95. The van der Waals surface area contributed by atoms with Gasteiger partial charge in [0.05, 0.1) is 16.9 Å². The normalized spacial score (nSPS) is 14.6. The molecule has 1 heterocycles. The maximum atomic E-state index is 13.7. The summed E-state index contributed by atoms with van der Waals surface area (Å²) < 4.78 is 59.7. The van der Waals surface area contributed by atoms with Crippen LogP contribution in [-0.2, 0) is 15.9 Å². The number of carbonyl (C=O) groups excluding carboxylic acids is 1. The van der Waals surface area contributed by atoms with Crippen molar-refractivity contribution in [1.82, 2.24) is 10.3 Å². The average molecular weight is 457 g/mol. The van der Waals surface area contributed by atoms with Crippen LogP contribution in [0.2, 0.25) is 0 Å². The van der Waals surface area contributed by atoms with Gasteiger partial charge in [-0.05, 0) is 76.6 Å². The van der Waals surface area contributed by atoms with Crippen LogP contribution in [0.4, 0.5) is 22.4 Å². The number of nitrogens with two attached hydrogens (primary N) is 1. The minimum atomic E-state index is -5.11. The highest BCUT2D eigenvalue weighted by molar-refractivity contribution is 5.69. The van der Waals surface area contributed by atoms with Gasteiger partial charge in [0, 0.05) is 12.1 Å². The van der Waals surface area contributed by atoms with Crippen LogP contribution in [0.15, 0.2) is 36.4 Å². The van der Waals surface area contributed by atoms with E-state index in [9.17, 15) is 27.5 Å². The molecule has 1 amide bonds. The number of hydrogen-bond donors (Lipinski definition) is 3. The standard InChI is InChI=1S/C22H27F4N3O3/c1-19(2,3)32-18(30)29-20(4,5)14-10-16(13-6-8-15(23)9-7-13)28-17(11-14)21(31,12-27)22(24,25)26/h6-11,31H,12,27H2,1-5H3,(H,29,30). The molecule has 4 N–H and O–H groups in total. The largest absolute Gasteiger partial charge is 0.444 e. The molecular formula is C22H27F4N3O3. The Morgan fingerprint density at radius 1 is 1.09 bits per heavy atom. The van der Waals surface area contributed by atoms with E-state index < -0.39 is 47.1 Å². The summed E-state index contributed by atoms with van der Waals surface area (Å²) >= 11 is 0. The topological polar surface area (TPSA) is 97.5 Å². The highest BCUT2D eigenvalue weighted by atomic mass is 19.4. The predicted octanol–water partition coefficient (Wildman–Crippen LogP) is 4.36. The number of nitrogens with one attached hydrogen (secondary N) is 1. The lowest BCUT2D eigenvalue weighted by atomic mass is 9.89. The predicted molar refractivity (Wildman–Crippen MR) is 111 cm³/mol. The first-order valence-corrected chi connectivity index (χ1v) is 9.78. The van der Waals surface area contributed by atoms with Crippen molar-refractivity contribution >= 4 is 6.09 Å². The molecule has 1 atom stereocenters. The average Bonchev–Trinajstić information content (AvgIpc) is 2.64. The summed E-state index contributed by atoms with van der Waals surface area (Å²) in [7, 11) is 0. The van der Waals surface area contributed by atoms with E-state index in [4.69, 9.17) is 10.5 Å². The Morgan fingerprint density at radius 2 is 1.66 bits per heavy atom. The van der Waals surface area contributed by atoms with Gasteiger partial charge in [-0.1, -0.05) is 0 Å². The van der Waals surface area contributed by atoms with E-state index in [1.165, 1.54) is 18.2 Å². The molecule has 0 aliphatic heterocycles. The molecule has 32 heavy (non-hydrogen) atoms. The first kappa shape index (κ1) is 25.5. The number of hydrogen-bond acceptors (Lipinski definition) is 5. The van der Waals surface area contributed by atoms with Gasteiger partial charge in [0.25, 0.3) is 0 Å². The molecule has 1 unspecified atom stereocenters. The van der Waals surface area contributed by atoms with Crippen molar-refractivity contribution < 1.29 is 32.2 Å². The molecule has 1 aromatic heterocycles. The lowest BCUT2D eigenvalue weighted by molar-refractivity contribution is -0.263. The third-order valence-electron chi connectivity index (χ3n) is 4.69. The van der Waals surface area contributed by atoms with E-state index in [2.05, 4.69) is 10.3 Å². The van der Waals surface area contributed by atoms with Crippen molar-refractivity contribution in [3.8, 4) is 11.3 Å². The summed E-state index contributed by atoms with van der Waals surface area (Å²) in [5, 5.41) is 13.0. The molecule has 0 spiro atoms. The quantitative estimate of drug-likeness (QED) is 0.580. The Morgan fingerprint density at radius 3 is 2.12 bits per heavy atom. The molecule has 0 aliphatic carbocycles. The molecule has 176 valence electrons. The molecule has 2 aromatic rings. The third-order valence-corrected chi connectivity index (χ3v) is 4.69. The number of aliphatic hydroxyl groups is 1. The van der Waals surface area contributed by atoms with E-state index in [0.717, 1.165) is 18.2 Å². The van der Waals surface area contributed by atoms with Crippen molar-refractivity contribution in [2.24, 2.45) is 5.73 Å². The lowest BCUT2D eigenvalue weighted by Gasteiger charge is -2.32. The zero-order valence-electron chi connectivity index (χ0n) is 18.5. The van der Waals surface area contributed by atoms with Crippen LogP contribution in [0.5, 0.6) is 0 Å². The number of aromatic nitrogens is 1. The number of amides is 1. The highest BCUT2D eigenvalue weighted by Crippen LogP contribution is 2.39. The second-order valence-corrected chi connectivity index (χ2v) is 8.95.